The van der Waals surface area contributed by atoms with Crippen molar-refractivity contribution < 1.29 is 20.4 Å². The van der Waals surface area contributed by atoms with Crippen LogP contribution in [0, 0.1) is 11.6 Å². The van der Waals surface area contributed by atoms with E-state index in [9.17, 15) is 4.79 Å². The summed E-state index contributed by atoms with van der Waals surface area (Å²) in [5, 5.41) is 4.48. The van der Waals surface area contributed by atoms with Gasteiger partial charge in [-0.15, -0.1) is 0 Å². The fourth-order valence-electron chi connectivity index (χ4n) is 3.39. The Morgan fingerprint density at radius 3 is 2.76 bits per heavy atom. The van der Waals surface area contributed by atoms with Gasteiger partial charge in [0.2, 0.25) is 0 Å². The van der Waals surface area contributed by atoms with Crippen LogP contribution in [0.3, 0.4) is 0 Å². The van der Waals surface area contributed by atoms with Gasteiger partial charge in [-0.25, -0.2) is 8.78 Å². The Kier molecular flexibility index (Phi) is 2.85. The topological polar surface area (TPSA) is 51.0 Å². The molecule has 2 aromatic carbocycles. The van der Waals surface area contributed by atoms with Gasteiger partial charge in [-0.3, -0.25) is 14.5 Å². The van der Waals surface area contributed by atoms with Crippen molar-refractivity contribution in [3.8, 4) is 11.1 Å². The first-order valence-electron chi connectivity index (χ1n) is 11.2. The Hall–Kier alpha value is -3.61. The lowest BCUT2D eigenvalue weighted by Gasteiger charge is -2.17. The van der Waals surface area contributed by atoms with Crippen molar-refractivity contribution in [2.24, 2.45) is 6.98 Å². The lowest BCUT2D eigenvalue weighted by Crippen LogP contribution is -2.24. The molecule has 29 heavy (non-hydrogen) atoms. The number of carbonyl (C=O) groups excluding carboxylic acids is 1. The molecule has 1 aliphatic rings. The van der Waals surface area contributed by atoms with Crippen molar-refractivity contribution in [1.82, 2.24) is 19.7 Å². The Morgan fingerprint density at radius 2 is 2.00 bits per heavy atom. The fourth-order valence-corrected chi connectivity index (χ4v) is 3.39. The van der Waals surface area contributed by atoms with Crippen LogP contribution in [-0.2, 0) is 20.0 Å². The predicted molar refractivity (Wildman–Crippen MR) is 104 cm³/mol. The van der Waals surface area contributed by atoms with Gasteiger partial charge in [-0.1, -0.05) is 6.07 Å². The molecule has 5 nitrogen and oxygen atoms in total. The minimum atomic E-state index is -2.45. The molecular formula is C22H16F2N4O. The molecule has 0 bridgehead atoms. The summed E-state index contributed by atoms with van der Waals surface area (Å²) in [6.07, 6.45) is 2.68. The second kappa shape index (κ2) is 6.48. The summed E-state index contributed by atoms with van der Waals surface area (Å²) in [4.78, 5) is 17.4. The molecule has 0 saturated carbocycles. The molecule has 7 heteroatoms. The highest BCUT2D eigenvalue weighted by atomic mass is 19.1. The largest absolute Gasteiger partial charge is 0.328 e. The Morgan fingerprint density at radius 1 is 1.17 bits per heavy atom. The number of nitrogens with zero attached hydrogens (tertiary/aromatic N) is 4. The van der Waals surface area contributed by atoms with Crippen molar-refractivity contribution in [2.45, 2.75) is 13.0 Å². The fraction of sp³-hybridized carbons (Fsp3) is 0.136. The highest BCUT2D eigenvalue weighted by Gasteiger charge is 2.29. The SMILES string of the molecule is [2H]C1([2H])c2ncccc2C(=O)N1Cc1c(F)cc(-c2ccc3nn(C([2H])([2H])[2H])cc3c2)cc1F. The maximum absolute atomic E-state index is 15.0. The highest BCUT2D eigenvalue weighted by Crippen LogP contribution is 2.29. The third-order valence-corrected chi connectivity index (χ3v) is 4.82. The quantitative estimate of drug-likeness (QED) is 0.525. The number of aromatic nitrogens is 3. The molecule has 5 rings (SSSR count). The van der Waals surface area contributed by atoms with E-state index in [-0.39, 0.29) is 16.8 Å². The summed E-state index contributed by atoms with van der Waals surface area (Å²) in [5.74, 6) is -2.59. The third kappa shape index (κ3) is 2.95. The zero-order valence-corrected chi connectivity index (χ0v) is 14.9. The van der Waals surface area contributed by atoms with Gasteiger partial charge in [0.25, 0.3) is 5.91 Å². The Balaban J connectivity index is 1.49. The number of pyridine rings is 1. The monoisotopic (exact) mass is 395 g/mol. The van der Waals surface area contributed by atoms with E-state index in [0.717, 1.165) is 21.7 Å². The van der Waals surface area contributed by atoms with E-state index >= 15 is 8.78 Å². The van der Waals surface area contributed by atoms with Gasteiger partial charge >= 0.3 is 0 Å². The van der Waals surface area contributed by atoms with E-state index in [1.807, 2.05) is 0 Å². The van der Waals surface area contributed by atoms with Crippen LogP contribution in [0.2, 0.25) is 0 Å². The van der Waals surface area contributed by atoms with E-state index < -0.39 is 43.1 Å². The lowest BCUT2D eigenvalue weighted by atomic mass is 10.0. The van der Waals surface area contributed by atoms with E-state index in [0.29, 0.717) is 16.5 Å². The number of benzene rings is 2. The number of carbonyl (C=O) groups is 1. The molecule has 4 aromatic rings. The highest BCUT2D eigenvalue weighted by molar-refractivity contribution is 5.97. The summed E-state index contributed by atoms with van der Waals surface area (Å²) in [6, 6.07) is 9.79. The van der Waals surface area contributed by atoms with E-state index in [1.165, 1.54) is 24.5 Å². The number of rotatable bonds is 3. The first-order valence-corrected chi connectivity index (χ1v) is 8.72. The third-order valence-electron chi connectivity index (χ3n) is 4.82. The van der Waals surface area contributed by atoms with Gasteiger partial charge in [-0.05, 0) is 47.5 Å². The van der Waals surface area contributed by atoms with Crippen molar-refractivity contribution in [3.05, 3.63) is 83.3 Å². The standard InChI is InChI=1S/C22H16F2N4O/c1-27-10-15-7-13(4-5-20(15)26-27)14-8-18(23)17(19(24)9-14)11-28-12-21-16(22(28)29)3-2-6-25-21/h2-10H,11-12H2,1H3/i1D3,12D2. The molecule has 144 valence electrons. The van der Waals surface area contributed by atoms with Crippen molar-refractivity contribution >= 4 is 16.8 Å². The zero-order chi connectivity index (χ0) is 24.4. The zero-order valence-electron chi connectivity index (χ0n) is 19.9. The lowest BCUT2D eigenvalue weighted by molar-refractivity contribution is 0.0763. The Bertz CT molecular complexity index is 1440. The molecule has 0 fully saturated rings. The first-order chi connectivity index (χ1) is 16.0. The normalized spacial score (nSPS) is 18.1. The van der Waals surface area contributed by atoms with E-state index in [4.69, 9.17) is 6.85 Å². The number of hydrogen-bond acceptors (Lipinski definition) is 3. The van der Waals surface area contributed by atoms with Gasteiger partial charge in [0, 0.05) is 34.4 Å². The molecule has 0 spiro atoms. The van der Waals surface area contributed by atoms with Crippen LogP contribution < -0.4 is 0 Å². The molecular weight excluding hydrogens is 374 g/mol. The molecule has 0 saturated heterocycles. The predicted octanol–water partition coefficient (Wildman–Crippen LogP) is 4.07. The van der Waals surface area contributed by atoms with Crippen LogP contribution in [0.5, 0.6) is 0 Å². The van der Waals surface area contributed by atoms with Crippen LogP contribution in [0.15, 0.2) is 54.9 Å². The minimum absolute atomic E-state index is 0.0517. The van der Waals surface area contributed by atoms with Gasteiger partial charge in [0.05, 0.1) is 32.6 Å². The summed E-state index contributed by atoms with van der Waals surface area (Å²) < 4.78 is 69.8. The average molecular weight is 395 g/mol. The van der Waals surface area contributed by atoms with Crippen molar-refractivity contribution in [2.75, 3.05) is 0 Å². The minimum Gasteiger partial charge on any atom is -0.328 e. The van der Waals surface area contributed by atoms with E-state index in [2.05, 4.69) is 10.1 Å². The van der Waals surface area contributed by atoms with Crippen LogP contribution in [0.25, 0.3) is 22.0 Å². The molecule has 0 N–H and O–H groups in total. The molecule has 0 atom stereocenters. The Labute approximate surface area is 172 Å². The smallest absolute Gasteiger partial charge is 0.256 e. The van der Waals surface area contributed by atoms with Crippen LogP contribution >= 0.6 is 0 Å². The van der Waals surface area contributed by atoms with E-state index in [1.54, 1.807) is 18.2 Å². The summed E-state index contributed by atoms with van der Waals surface area (Å²) >= 11 is 0. The summed E-state index contributed by atoms with van der Waals surface area (Å²) in [6.45, 7) is -5.39. The maximum atomic E-state index is 15.0. The molecule has 1 amide bonds. The maximum Gasteiger partial charge on any atom is 0.256 e. The van der Waals surface area contributed by atoms with Gasteiger partial charge in [0.1, 0.15) is 11.6 Å². The molecule has 1 aliphatic heterocycles. The molecule has 0 aliphatic carbocycles. The van der Waals surface area contributed by atoms with Gasteiger partial charge in [0.15, 0.2) is 0 Å². The van der Waals surface area contributed by atoms with Crippen molar-refractivity contribution in [1.29, 1.82) is 0 Å². The molecule has 3 heterocycles. The van der Waals surface area contributed by atoms with Gasteiger partial charge < -0.3 is 4.90 Å². The number of fused-ring (bicyclic) bond motifs is 2. The summed E-state index contributed by atoms with van der Waals surface area (Å²) in [7, 11) is 0. The first kappa shape index (κ1) is 12.8. The average Bonchev–Trinajstić information content (AvgIpc) is 3.29. The number of halogens is 2. The number of aryl methyl sites for hydroxylation is 1. The molecule has 0 radical (unpaired) electrons. The van der Waals surface area contributed by atoms with Crippen molar-refractivity contribution in [3.63, 3.8) is 0 Å². The summed E-state index contributed by atoms with van der Waals surface area (Å²) in [5.41, 5.74) is 0.554. The van der Waals surface area contributed by atoms with Gasteiger partial charge in [-0.2, -0.15) is 5.10 Å². The van der Waals surface area contributed by atoms with Crippen LogP contribution in [0.1, 0.15) is 28.5 Å². The second-order valence-corrected chi connectivity index (χ2v) is 6.67. The molecule has 2 aromatic heterocycles. The second-order valence-electron chi connectivity index (χ2n) is 6.67. The number of amides is 1. The van der Waals surface area contributed by atoms with Crippen LogP contribution in [-0.4, -0.2) is 25.6 Å². The number of hydrogen-bond donors (Lipinski definition) is 0. The van der Waals surface area contributed by atoms with Crippen LogP contribution in [0.4, 0.5) is 8.78 Å². The molecule has 0 unspecified atom stereocenters.